The Labute approximate surface area is 111 Å². The van der Waals surface area contributed by atoms with Gasteiger partial charge < -0.3 is 4.98 Å². The van der Waals surface area contributed by atoms with Gasteiger partial charge in [0.15, 0.2) is 0 Å². The SMILES string of the molecule is CC=C(C=C(C)C=C(C)C)c1cnc(C(C)C)[nH]1. The first-order chi connectivity index (χ1) is 8.43. The Hall–Kier alpha value is -1.57. The first kappa shape index (κ1) is 14.5. The summed E-state index contributed by atoms with van der Waals surface area (Å²) in [6, 6.07) is 0. The molecular weight excluding hydrogens is 220 g/mol. The van der Waals surface area contributed by atoms with Crippen LogP contribution in [-0.2, 0) is 0 Å². The van der Waals surface area contributed by atoms with Gasteiger partial charge in [0.2, 0.25) is 0 Å². The topological polar surface area (TPSA) is 28.7 Å². The lowest BCUT2D eigenvalue weighted by Gasteiger charge is -2.01. The molecular formula is C16H24N2. The molecule has 1 heterocycles. The quantitative estimate of drug-likeness (QED) is 0.754. The number of hydrogen-bond acceptors (Lipinski definition) is 1. The maximum Gasteiger partial charge on any atom is 0.109 e. The van der Waals surface area contributed by atoms with Gasteiger partial charge in [0.25, 0.3) is 0 Å². The minimum atomic E-state index is 0.430. The summed E-state index contributed by atoms with van der Waals surface area (Å²) in [5, 5.41) is 0. The van der Waals surface area contributed by atoms with Crippen molar-refractivity contribution in [3.05, 3.63) is 47.1 Å². The first-order valence-corrected chi connectivity index (χ1v) is 6.48. The number of allylic oxidation sites excluding steroid dienone is 6. The van der Waals surface area contributed by atoms with Crippen molar-refractivity contribution in [2.45, 2.75) is 47.5 Å². The summed E-state index contributed by atoms with van der Waals surface area (Å²) in [6.07, 6.45) is 8.39. The lowest BCUT2D eigenvalue weighted by Crippen LogP contribution is -1.90. The summed E-state index contributed by atoms with van der Waals surface area (Å²) < 4.78 is 0. The number of aromatic amines is 1. The van der Waals surface area contributed by atoms with Crippen molar-refractivity contribution < 1.29 is 0 Å². The summed E-state index contributed by atoms with van der Waals surface area (Å²) >= 11 is 0. The van der Waals surface area contributed by atoms with E-state index in [9.17, 15) is 0 Å². The molecule has 0 unspecified atom stereocenters. The Kier molecular flexibility index (Phi) is 5.14. The van der Waals surface area contributed by atoms with Gasteiger partial charge in [0.1, 0.15) is 5.82 Å². The summed E-state index contributed by atoms with van der Waals surface area (Å²) in [5.41, 5.74) is 4.84. The van der Waals surface area contributed by atoms with E-state index in [0.717, 1.165) is 11.5 Å². The lowest BCUT2D eigenvalue weighted by molar-refractivity contribution is 0.793. The second kappa shape index (κ2) is 6.39. The normalized spacial score (nSPS) is 13.1. The number of nitrogens with zero attached hydrogens (tertiary/aromatic N) is 1. The Morgan fingerprint density at radius 3 is 2.33 bits per heavy atom. The summed E-state index contributed by atoms with van der Waals surface area (Å²) in [6.45, 7) is 12.7. The maximum atomic E-state index is 4.41. The molecule has 2 nitrogen and oxygen atoms in total. The third-order valence-electron chi connectivity index (χ3n) is 2.66. The van der Waals surface area contributed by atoms with Gasteiger partial charge in [-0.2, -0.15) is 0 Å². The van der Waals surface area contributed by atoms with E-state index >= 15 is 0 Å². The highest BCUT2D eigenvalue weighted by atomic mass is 14.9. The molecule has 0 aromatic carbocycles. The molecule has 0 bridgehead atoms. The van der Waals surface area contributed by atoms with Crippen LogP contribution in [-0.4, -0.2) is 9.97 Å². The average molecular weight is 244 g/mol. The van der Waals surface area contributed by atoms with Crippen LogP contribution < -0.4 is 0 Å². The van der Waals surface area contributed by atoms with Crippen LogP contribution in [0.25, 0.3) is 5.57 Å². The molecule has 0 fully saturated rings. The van der Waals surface area contributed by atoms with Crippen molar-refractivity contribution in [2.24, 2.45) is 0 Å². The molecule has 0 aliphatic heterocycles. The van der Waals surface area contributed by atoms with Crippen molar-refractivity contribution >= 4 is 5.57 Å². The van der Waals surface area contributed by atoms with Crippen LogP contribution in [0.3, 0.4) is 0 Å². The number of nitrogens with one attached hydrogen (secondary N) is 1. The standard InChI is InChI=1S/C16H24N2/c1-7-14(9-13(6)8-11(2)3)15-10-17-16(18-15)12(4)5/h7-10,12H,1-6H3,(H,17,18). The highest BCUT2D eigenvalue weighted by Gasteiger charge is 2.06. The number of aromatic nitrogens is 2. The van der Waals surface area contributed by atoms with Crippen molar-refractivity contribution in [2.75, 3.05) is 0 Å². The van der Waals surface area contributed by atoms with Gasteiger partial charge in [0, 0.05) is 5.92 Å². The molecule has 0 amide bonds. The zero-order chi connectivity index (χ0) is 13.7. The minimum absolute atomic E-state index is 0.430. The number of hydrogen-bond donors (Lipinski definition) is 1. The van der Waals surface area contributed by atoms with Crippen LogP contribution in [0.15, 0.2) is 35.6 Å². The van der Waals surface area contributed by atoms with E-state index < -0.39 is 0 Å². The van der Waals surface area contributed by atoms with Crippen LogP contribution in [0, 0.1) is 0 Å². The average Bonchev–Trinajstić information content (AvgIpc) is 2.74. The van der Waals surface area contributed by atoms with E-state index in [1.165, 1.54) is 16.7 Å². The minimum Gasteiger partial charge on any atom is -0.342 e. The number of rotatable bonds is 4. The second-order valence-corrected chi connectivity index (χ2v) is 5.19. The van der Waals surface area contributed by atoms with Crippen LogP contribution in [0.1, 0.15) is 59.0 Å². The van der Waals surface area contributed by atoms with Crippen LogP contribution in [0.4, 0.5) is 0 Å². The van der Waals surface area contributed by atoms with Gasteiger partial charge in [-0.05, 0) is 33.3 Å². The Morgan fingerprint density at radius 2 is 1.89 bits per heavy atom. The van der Waals surface area contributed by atoms with Crippen molar-refractivity contribution in [3.63, 3.8) is 0 Å². The predicted octanol–water partition coefficient (Wildman–Crippen LogP) is 4.85. The summed E-state index contributed by atoms with van der Waals surface area (Å²) in [5.74, 6) is 1.47. The van der Waals surface area contributed by atoms with E-state index in [-0.39, 0.29) is 0 Å². The summed E-state index contributed by atoms with van der Waals surface area (Å²) in [4.78, 5) is 7.79. The molecule has 1 rings (SSSR count). The van der Waals surface area contributed by atoms with Crippen LogP contribution in [0.2, 0.25) is 0 Å². The largest absolute Gasteiger partial charge is 0.342 e. The molecule has 98 valence electrons. The molecule has 0 saturated heterocycles. The fourth-order valence-corrected chi connectivity index (χ4v) is 1.84. The van der Waals surface area contributed by atoms with Gasteiger partial charge in [-0.3, -0.25) is 0 Å². The molecule has 2 heteroatoms. The molecule has 0 radical (unpaired) electrons. The van der Waals surface area contributed by atoms with E-state index in [1.807, 2.05) is 6.20 Å². The molecule has 18 heavy (non-hydrogen) atoms. The van der Waals surface area contributed by atoms with Crippen molar-refractivity contribution in [1.82, 2.24) is 9.97 Å². The molecule has 1 aromatic heterocycles. The fourth-order valence-electron chi connectivity index (χ4n) is 1.84. The third kappa shape index (κ3) is 4.02. The molecule has 0 atom stereocenters. The van der Waals surface area contributed by atoms with E-state index in [1.54, 1.807) is 0 Å². The van der Waals surface area contributed by atoms with E-state index in [0.29, 0.717) is 5.92 Å². The van der Waals surface area contributed by atoms with Gasteiger partial charge >= 0.3 is 0 Å². The monoisotopic (exact) mass is 244 g/mol. The highest BCUT2D eigenvalue weighted by molar-refractivity contribution is 5.72. The van der Waals surface area contributed by atoms with Crippen molar-refractivity contribution in [3.8, 4) is 0 Å². The smallest absolute Gasteiger partial charge is 0.109 e. The molecule has 1 N–H and O–H groups in total. The third-order valence-corrected chi connectivity index (χ3v) is 2.66. The lowest BCUT2D eigenvalue weighted by atomic mass is 10.1. The van der Waals surface area contributed by atoms with E-state index in [4.69, 9.17) is 0 Å². The van der Waals surface area contributed by atoms with Gasteiger partial charge in [-0.1, -0.05) is 43.2 Å². The van der Waals surface area contributed by atoms with Crippen LogP contribution >= 0.6 is 0 Å². The molecule has 0 saturated carbocycles. The zero-order valence-electron chi connectivity index (χ0n) is 12.3. The van der Waals surface area contributed by atoms with Gasteiger partial charge in [-0.25, -0.2) is 4.98 Å². The maximum absolute atomic E-state index is 4.41. The highest BCUT2D eigenvalue weighted by Crippen LogP contribution is 2.19. The van der Waals surface area contributed by atoms with E-state index in [2.05, 4.69) is 69.7 Å². The number of imidazole rings is 1. The van der Waals surface area contributed by atoms with Crippen molar-refractivity contribution in [1.29, 1.82) is 0 Å². The first-order valence-electron chi connectivity index (χ1n) is 6.48. The molecule has 1 aromatic rings. The zero-order valence-corrected chi connectivity index (χ0v) is 12.3. The Bertz CT molecular complexity index is 481. The Balaban J connectivity index is 3.01. The van der Waals surface area contributed by atoms with Crippen LogP contribution in [0.5, 0.6) is 0 Å². The predicted molar refractivity (Wildman–Crippen MR) is 79.5 cm³/mol. The summed E-state index contributed by atoms with van der Waals surface area (Å²) in [7, 11) is 0. The number of H-pyrrole nitrogens is 1. The second-order valence-electron chi connectivity index (χ2n) is 5.19. The molecule has 0 aliphatic carbocycles. The van der Waals surface area contributed by atoms with Gasteiger partial charge in [0.05, 0.1) is 11.9 Å². The molecule has 0 aliphatic rings. The fraction of sp³-hybridized carbons (Fsp3) is 0.438. The Morgan fingerprint density at radius 1 is 1.22 bits per heavy atom. The van der Waals surface area contributed by atoms with Gasteiger partial charge in [-0.15, -0.1) is 0 Å². The molecule has 0 spiro atoms.